The molecule has 9 nitrogen and oxygen atoms in total. The van der Waals surface area contributed by atoms with Gasteiger partial charge in [0, 0.05) is 37.8 Å². The van der Waals surface area contributed by atoms with Crippen LogP contribution in [0.1, 0.15) is 97.5 Å². The quantitative estimate of drug-likeness (QED) is 0.123. The standard InChI is InChI=1S/C41H53NO8/c1-28-9-6-18-40(2)34(32-15-12-29(23-31(43)14-11-28)24-33(32)39(45)36-10-7-22-50-36)17-19-41(40,46)27-42(20-8-21-47-3)38(44)26-30-13-16-35(48-4)37(25-30)49-5/h7,9-10,12-13,15-16,22,24-25,31,34,43,46H,6,8,11,14,17-21,23,26-27H2,1-5H3/t31-,34-,40-,41+/m0/s1. The van der Waals surface area contributed by atoms with Gasteiger partial charge in [0.05, 0.1) is 38.6 Å². The Morgan fingerprint density at radius 3 is 2.54 bits per heavy atom. The number of aliphatic hydroxyl groups is 2. The van der Waals surface area contributed by atoms with E-state index in [0.717, 1.165) is 29.5 Å². The molecule has 6 rings (SSSR count). The van der Waals surface area contributed by atoms with Crippen LogP contribution in [0, 0.1) is 5.41 Å². The van der Waals surface area contributed by atoms with Crippen molar-refractivity contribution in [3.8, 4) is 11.5 Å². The van der Waals surface area contributed by atoms with Gasteiger partial charge in [-0.15, -0.1) is 0 Å². The molecule has 270 valence electrons. The molecule has 0 aliphatic heterocycles. The van der Waals surface area contributed by atoms with Gasteiger partial charge >= 0.3 is 0 Å². The number of methoxy groups -OCH3 is 3. The number of nitrogens with zero attached hydrogens (tertiary/aromatic N) is 1. The van der Waals surface area contributed by atoms with Crippen molar-refractivity contribution < 1.29 is 38.4 Å². The first-order valence-corrected chi connectivity index (χ1v) is 17.8. The van der Waals surface area contributed by atoms with Crippen LogP contribution in [-0.4, -0.2) is 79.5 Å². The zero-order chi connectivity index (χ0) is 35.9. The van der Waals surface area contributed by atoms with Crippen LogP contribution in [0.2, 0.25) is 0 Å². The lowest BCUT2D eigenvalue weighted by Crippen LogP contribution is -2.54. The Balaban J connectivity index is 1.53. The van der Waals surface area contributed by atoms with E-state index in [1.165, 1.54) is 11.8 Å². The van der Waals surface area contributed by atoms with Crippen molar-refractivity contribution in [2.24, 2.45) is 5.41 Å². The minimum atomic E-state index is -1.24. The predicted molar refractivity (Wildman–Crippen MR) is 192 cm³/mol. The number of benzene rings is 2. The lowest BCUT2D eigenvalue weighted by molar-refractivity contribution is -0.139. The molecule has 3 aromatic rings. The third kappa shape index (κ3) is 8.17. The Labute approximate surface area is 296 Å². The Morgan fingerprint density at radius 1 is 1.02 bits per heavy atom. The topological polar surface area (TPSA) is 119 Å². The number of carbonyl (C=O) groups is 2. The van der Waals surface area contributed by atoms with Gasteiger partial charge in [0.2, 0.25) is 11.7 Å². The van der Waals surface area contributed by atoms with E-state index >= 15 is 0 Å². The van der Waals surface area contributed by atoms with E-state index in [4.69, 9.17) is 18.6 Å². The number of allylic oxidation sites excluding steroid dienone is 2. The van der Waals surface area contributed by atoms with E-state index in [9.17, 15) is 19.8 Å². The second kappa shape index (κ2) is 16.4. The Kier molecular flexibility index (Phi) is 12.2. The zero-order valence-corrected chi connectivity index (χ0v) is 30.2. The molecule has 9 heteroatoms. The number of furan rings is 1. The number of fused-ring (bicyclic) bond motifs is 8. The normalized spacial score (nSPS) is 23.9. The molecule has 1 saturated carbocycles. The summed E-state index contributed by atoms with van der Waals surface area (Å²) in [6.07, 6.45) is 8.26. The summed E-state index contributed by atoms with van der Waals surface area (Å²) in [5.74, 6) is 0.918. The van der Waals surface area contributed by atoms with Crippen LogP contribution in [0.5, 0.6) is 11.5 Å². The summed E-state index contributed by atoms with van der Waals surface area (Å²) in [5.41, 5.74) is 2.36. The van der Waals surface area contributed by atoms with Gasteiger partial charge < -0.3 is 33.7 Å². The molecule has 3 aliphatic carbocycles. The summed E-state index contributed by atoms with van der Waals surface area (Å²) in [6, 6.07) is 14.8. The molecule has 1 fully saturated rings. The molecular formula is C41H53NO8. The molecule has 0 radical (unpaired) electrons. The van der Waals surface area contributed by atoms with Crippen LogP contribution in [-0.2, 0) is 22.4 Å². The minimum absolute atomic E-state index is 0.0953. The summed E-state index contributed by atoms with van der Waals surface area (Å²) >= 11 is 0. The second-order valence-corrected chi connectivity index (χ2v) is 14.3. The maximum Gasteiger partial charge on any atom is 0.228 e. The van der Waals surface area contributed by atoms with Gasteiger partial charge in [-0.05, 0) is 111 Å². The van der Waals surface area contributed by atoms with Gasteiger partial charge in [-0.25, -0.2) is 0 Å². The maximum absolute atomic E-state index is 14.1. The molecule has 1 heterocycles. The number of hydrogen-bond donors (Lipinski definition) is 2. The number of amides is 1. The van der Waals surface area contributed by atoms with E-state index in [0.29, 0.717) is 68.7 Å². The summed E-state index contributed by atoms with van der Waals surface area (Å²) in [5, 5.41) is 23.8. The van der Waals surface area contributed by atoms with E-state index in [1.807, 2.05) is 30.3 Å². The predicted octanol–water partition coefficient (Wildman–Crippen LogP) is 6.67. The first kappa shape index (κ1) is 37.3. The van der Waals surface area contributed by atoms with Gasteiger partial charge in [-0.1, -0.05) is 36.8 Å². The van der Waals surface area contributed by atoms with Crippen molar-refractivity contribution >= 4 is 11.7 Å². The second-order valence-electron chi connectivity index (χ2n) is 14.3. The lowest BCUT2D eigenvalue weighted by atomic mass is 9.64. The molecule has 1 aromatic heterocycles. The van der Waals surface area contributed by atoms with Gasteiger partial charge in [0.25, 0.3) is 0 Å². The van der Waals surface area contributed by atoms with Crippen molar-refractivity contribution in [3.05, 3.63) is 94.5 Å². The summed E-state index contributed by atoms with van der Waals surface area (Å²) in [7, 11) is 4.79. The largest absolute Gasteiger partial charge is 0.493 e. The number of aliphatic hydroxyl groups excluding tert-OH is 1. The first-order valence-electron chi connectivity index (χ1n) is 17.8. The van der Waals surface area contributed by atoms with Gasteiger partial charge in [0.15, 0.2) is 17.3 Å². The SMILES string of the molecule is COCCCN(C[C@]1(O)CC[C@H]2c3ccc(cc3C(=O)c3ccco3)C[C@@H](O)CCC(C)=CCC[C@@]21C)C(=O)Cc1ccc(OC)c(OC)c1. The molecular weight excluding hydrogens is 634 g/mol. The molecule has 4 atom stereocenters. The Hall–Kier alpha value is -3.92. The highest BCUT2D eigenvalue weighted by atomic mass is 16.5. The summed E-state index contributed by atoms with van der Waals surface area (Å²) < 4.78 is 21.8. The number of ether oxygens (including phenoxy) is 3. The van der Waals surface area contributed by atoms with Crippen molar-refractivity contribution in [1.82, 2.24) is 4.90 Å². The average molecular weight is 688 g/mol. The van der Waals surface area contributed by atoms with E-state index in [2.05, 4.69) is 19.9 Å². The van der Waals surface area contributed by atoms with Crippen LogP contribution in [0.4, 0.5) is 0 Å². The van der Waals surface area contributed by atoms with Crippen molar-refractivity contribution in [1.29, 1.82) is 0 Å². The van der Waals surface area contributed by atoms with Crippen LogP contribution in [0.3, 0.4) is 0 Å². The molecule has 0 saturated heterocycles. The lowest BCUT2D eigenvalue weighted by Gasteiger charge is -2.46. The molecule has 2 N–H and O–H groups in total. The number of carbonyl (C=O) groups excluding carboxylic acids is 2. The maximum atomic E-state index is 14.1. The molecule has 0 unspecified atom stereocenters. The number of rotatable bonds is 12. The fourth-order valence-electron chi connectivity index (χ4n) is 8.02. The highest BCUT2D eigenvalue weighted by molar-refractivity contribution is 6.08. The third-order valence-electron chi connectivity index (χ3n) is 11.0. The molecule has 1 amide bonds. The van der Waals surface area contributed by atoms with Gasteiger partial charge in [-0.3, -0.25) is 9.59 Å². The molecule has 2 bridgehead atoms. The zero-order valence-electron chi connectivity index (χ0n) is 30.2. The van der Waals surface area contributed by atoms with Gasteiger partial charge in [-0.2, -0.15) is 0 Å². The van der Waals surface area contributed by atoms with Crippen molar-refractivity contribution in [3.63, 3.8) is 0 Å². The first-order chi connectivity index (χ1) is 24.0. The van der Waals surface area contributed by atoms with Crippen LogP contribution >= 0.6 is 0 Å². The fraction of sp³-hybridized carbons (Fsp3) is 0.512. The Bertz CT molecular complexity index is 1650. The van der Waals surface area contributed by atoms with E-state index in [-0.39, 0.29) is 36.3 Å². The third-order valence-corrected chi connectivity index (χ3v) is 11.0. The van der Waals surface area contributed by atoms with E-state index in [1.54, 1.807) is 44.4 Å². The van der Waals surface area contributed by atoms with Crippen LogP contribution in [0.25, 0.3) is 0 Å². The van der Waals surface area contributed by atoms with Crippen molar-refractivity contribution in [2.75, 3.05) is 41.0 Å². The molecule has 0 spiro atoms. The molecule has 3 aliphatic rings. The van der Waals surface area contributed by atoms with Crippen LogP contribution < -0.4 is 9.47 Å². The summed E-state index contributed by atoms with van der Waals surface area (Å²) in [4.78, 5) is 29.9. The highest BCUT2D eigenvalue weighted by Crippen LogP contribution is 2.59. The summed E-state index contributed by atoms with van der Waals surface area (Å²) in [6.45, 7) is 5.30. The van der Waals surface area contributed by atoms with Gasteiger partial charge in [0.1, 0.15) is 0 Å². The average Bonchev–Trinajstić information content (AvgIpc) is 3.73. The highest BCUT2D eigenvalue weighted by Gasteiger charge is 2.57. The van der Waals surface area contributed by atoms with Crippen molar-refractivity contribution in [2.45, 2.75) is 89.3 Å². The molecule has 2 aromatic carbocycles. The minimum Gasteiger partial charge on any atom is -0.493 e. The number of ketones is 1. The van der Waals surface area contributed by atoms with Crippen LogP contribution in [0.15, 0.2) is 70.9 Å². The number of hydrogen-bond acceptors (Lipinski definition) is 8. The Morgan fingerprint density at radius 2 is 1.82 bits per heavy atom. The monoisotopic (exact) mass is 687 g/mol. The smallest absolute Gasteiger partial charge is 0.228 e. The van der Waals surface area contributed by atoms with E-state index < -0.39 is 17.1 Å². The fourth-order valence-corrected chi connectivity index (χ4v) is 8.02. The molecule has 50 heavy (non-hydrogen) atoms.